The molecule has 8 nitrogen and oxygen atoms in total. The minimum absolute atomic E-state index is 0.132. The maximum absolute atomic E-state index is 12.4. The molecule has 8 heteroatoms. The molecule has 0 bridgehead atoms. The third kappa shape index (κ3) is 2.89. The van der Waals surface area contributed by atoms with E-state index < -0.39 is 10.8 Å². The van der Waals surface area contributed by atoms with Crippen molar-refractivity contribution in [2.45, 2.75) is 6.92 Å². The van der Waals surface area contributed by atoms with Crippen molar-refractivity contribution < 1.29 is 14.5 Å². The van der Waals surface area contributed by atoms with Crippen LogP contribution in [-0.2, 0) is 0 Å². The molecule has 0 fully saturated rings. The lowest BCUT2D eigenvalue weighted by Gasteiger charge is -2.09. The van der Waals surface area contributed by atoms with Gasteiger partial charge in [0.25, 0.3) is 5.91 Å². The summed E-state index contributed by atoms with van der Waals surface area (Å²) in [6.07, 6.45) is 1.48. The summed E-state index contributed by atoms with van der Waals surface area (Å²) in [6, 6.07) is 11.4. The van der Waals surface area contributed by atoms with Gasteiger partial charge in [0.05, 0.1) is 22.6 Å². The Kier molecular flexibility index (Phi) is 4.11. The summed E-state index contributed by atoms with van der Waals surface area (Å²) in [4.78, 5) is 27.1. The molecule has 0 radical (unpaired) electrons. The van der Waals surface area contributed by atoms with E-state index >= 15 is 0 Å². The molecule has 0 aliphatic carbocycles. The zero-order chi connectivity index (χ0) is 17.1. The molecule has 24 heavy (non-hydrogen) atoms. The number of hydrogen-bond acceptors (Lipinski definition) is 5. The number of nitrogens with one attached hydrogen (secondary N) is 1. The Hall–Kier alpha value is -3.42. The highest BCUT2D eigenvalue weighted by Gasteiger charge is 2.19. The lowest BCUT2D eigenvalue weighted by molar-refractivity contribution is -0.385. The molecule has 3 aromatic rings. The Balaban J connectivity index is 1.90. The van der Waals surface area contributed by atoms with Gasteiger partial charge in [-0.1, -0.05) is 12.1 Å². The van der Waals surface area contributed by atoms with Crippen molar-refractivity contribution in [2.75, 3.05) is 12.0 Å². The third-order valence-corrected chi connectivity index (χ3v) is 3.39. The Morgan fingerprint density at radius 3 is 2.88 bits per heavy atom. The van der Waals surface area contributed by atoms with Crippen LogP contribution in [0.3, 0.4) is 0 Å². The number of fused-ring (bicyclic) bond motifs is 1. The fourth-order valence-corrected chi connectivity index (χ4v) is 2.30. The van der Waals surface area contributed by atoms with Crippen LogP contribution < -0.4 is 10.2 Å². The van der Waals surface area contributed by atoms with Crippen LogP contribution in [0, 0.1) is 10.1 Å². The van der Waals surface area contributed by atoms with Crippen LogP contribution in [0.1, 0.15) is 17.3 Å². The number of carbonyl (C=O) groups is 1. The third-order valence-electron chi connectivity index (χ3n) is 3.39. The predicted molar refractivity (Wildman–Crippen MR) is 87.7 cm³/mol. The van der Waals surface area contributed by atoms with Gasteiger partial charge in [-0.05, 0) is 31.2 Å². The summed E-state index contributed by atoms with van der Waals surface area (Å²) < 4.78 is 6.68. The normalized spacial score (nSPS) is 10.5. The van der Waals surface area contributed by atoms with Crippen LogP contribution >= 0.6 is 0 Å². The molecule has 0 spiro atoms. The maximum atomic E-state index is 12.4. The highest BCUT2D eigenvalue weighted by atomic mass is 16.6. The van der Waals surface area contributed by atoms with E-state index in [2.05, 4.69) is 10.4 Å². The first-order chi connectivity index (χ1) is 11.6. The Bertz CT molecular complexity index is 919. The number of nitro groups is 1. The molecule has 1 amide bonds. The first-order valence-corrected chi connectivity index (χ1v) is 7.25. The van der Waals surface area contributed by atoms with E-state index in [-0.39, 0.29) is 17.0 Å². The first-order valence-electron chi connectivity index (χ1n) is 7.25. The van der Waals surface area contributed by atoms with Gasteiger partial charge in [-0.25, -0.2) is 9.66 Å². The quantitative estimate of drug-likeness (QED) is 0.574. The van der Waals surface area contributed by atoms with Crippen molar-refractivity contribution in [3.63, 3.8) is 0 Å². The highest BCUT2D eigenvalue weighted by molar-refractivity contribution is 6.01. The number of nitro benzene ring substituents is 1. The van der Waals surface area contributed by atoms with Crippen molar-refractivity contribution in [1.29, 1.82) is 0 Å². The molecule has 0 aliphatic heterocycles. The van der Waals surface area contributed by atoms with Gasteiger partial charge in [-0.2, -0.15) is 0 Å². The second kappa shape index (κ2) is 6.37. The van der Waals surface area contributed by atoms with E-state index in [0.717, 1.165) is 11.0 Å². The number of amides is 1. The number of nitrogens with zero attached hydrogens (tertiary/aromatic N) is 3. The minimum atomic E-state index is -0.575. The molecule has 0 unspecified atom stereocenters. The SMILES string of the molecule is CCOc1ccc(C(=O)Nn2cnc3ccccc32)cc1[N+](=O)[O-]. The number of para-hydroxylation sites is 2. The molecule has 0 saturated carbocycles. The van der Waals surface area contributed by atoms with Gasteiger partial charge < -0.3 is 4.74 Å². The molecule has 3 rings (SSSR count). The zero-order valence-corrected chi connectivity index (χ0v) is 12.8. The van der Waals surface area contributed by atoms with Gasteiger partial charge >= 0.3 is 5.69 Å². The molecular formula is C16H14N4O4. The van der Waals surface area contributed by atoms with Crippen LogP contribution in [0.15, 0.2) is 48.8 Å². The van der Waals surface area contributed by atoms with Crippen LogP contribution in [0.25, 0.3) is 11.0 Å². The van der Waals surface area contributed by atoms with Crippen molar-refractivity contribution in [3.05, 3.63) is 64.5 Å². The summed E-state index contributed by atoms with van der Waals surface area (Å²) in [7, 11) is 0. The van der Waals surface area contributed by atoms with E-state index in [1.54, 1.807) is 6.92 Å². The Morgan fingerprint density at radius 1 is 1.33 bits per heavy atom. The first kappa shape index (κ1) is 15.5. The number of benzene rings is 2. The second-order valence-corrected chi connectivity index (χ2v) is 4.92. The van der Waals surface area contributed by atoms with E-state index in [9.17, 15) is 14.9 Å². The maximum Gasteiger partial charge on any atom is 0.311 e. The standard InChI is InChI=1S/C16H14N4O4/c1-2-24-15-8-7-11(9-14(15)20(22)23)16(21)18-19-10-17-12-5-3-4-6-13(12)19/h3-10H,2H2,1H3,(H,18,21). The molecule has 0 atom stereocenters. The van der Waals surface area contributed by atoms with Gasteiger partial charge in [0.15, 0.2) is 5.75 Å². The lowest BCUT2D eigenvalue weighted by atomic mass is 10.2. The second-order valence-electron chi connectivity index (χ2n) is 4.92. The van der Waals surface area contributed by atoms with E-state index in [1.165, 1.54) is 29.2 Å². The van der Waals surface area contributed by atoms with Gasteiger partial charge in [0.2, 0.25) is 0 Å². The molecule has 0 saturated heterocycles. The lowest BCUT2D eigenvalue weighted by Crippen LogP contribution is -2.22. The zero-order valence-electron chi connectivity index (χ0n) is 12.8. The number of imidazole rings is 1. The smallest absolute Gasteiger partial charge is 0.311 e. The molecule has 1 aromatic heterocycles. The highest BCUT2D eigenvalue weighted by Crippen LogP contribution is 2.28. The molecule has 2 aromatic carbocycles. The summed E-state index contributed by atoms with van der Waals surface area (Å²) in [5, 5.41) is 11.1. The van der Waals surface area contributed by atoms with Gasteiger partial charge in [0, 0.05) is 11.6 Å². The van der Waals surface area contributed by atoms with Crippen molar-refractivity contribution in [1.82, 2.24) is 9.66 Å². The van der Waals surface area contributed by atoms with E-state index in [4.69, 9.17) is 4.74 Å². The summed E-state index contributed by atoms with van der Waals surface area (Å²) in [5.41, 5.74) is 4.02. The van der Waals surface area contributed by atoms with E-state index in [0.29, 0.717) is 6.61 Å². The summed E-state index contributed by atoms with van der Waals surface area (Å²) >= 11 is 0. The van der Waals surface area contributed by atoms with Crippen LogP contribution in [-0.4, -0.2) is 27.1 Å². The monoisotopic (exact) mass is 326 g/mol. The largest absolute Gasteiger partial charge is 0.487 e. The van der Waals surface area contributed by atoms with Crippen molar-refractivity contribution >= 4 is 22.6 Å². The fraction of sp³-hybridized carbons (Fsp3) is 0.125. The molecule has 0 aliphatic rings. The number of hydrogen-bond donors (Lipinski definition) is 1. The average Bonchev–Trinajstić information content (AvgIpc) is 2.98. The molecule has 1 N–H and O–H groups in total. The topological polar surface area (TPSA) is 99.3 Å². The van der Waals surface area contributed by atoms with Crippen LogP contribution in [0.4, 0.5) is 5.69 Å². The number of aromatic nitrogens is 2. The molecule has 1 heterocycles. The Labute approximate surface area is 136 Å². The summed E-state index contributed by atoms with van der Waals surface area (Å²) in [6.45, 7) is 2.03. The molecular weight excluding hydrogens is 312 g/mol. The van der Waals surface area contributed by atoms with Crippen LogP contribution in [0.2, 0.25) is 0 Å². The number of ether oxygens (including phenoxy) is 1. The van der Waals surface area contributed by atoms with Crippen LogP contribution in [0.5, 0.6) is 5.75 Å². The van der Waals surface area contributed by atoms with E-state index in [1.807, 2.05) is 24.3 Å². The molecule has 122 valence electrons. The van der Waals surface area contributed by atoms with Gasteiger partial charge in [-0.3, -0.25) is 20.3 Å². The fourth-order valence-electron chi connectivity index (χ4n) is 2.30. The van der Waals surface area contributed by atoms with Crippen molar-refractivity contribution in [2.24, 2.45) is 0 Å². The minimum Gasteiger partial charge on any atom is -0.487 e. The Morgan fingerprint density at radius 2 is 2.12 bits per heavy atom. The predicted octanol–water partition coefficient (Wildman–Crippen LogP) is 2.73. The van der Waals surface area contributed by atoms with Crippen molar-refractivity contribution in [3.8, 4) is 5.75 Å². The van der Waals surface area contributed by atoms with Gasteiger partial charge in [0.1, 0.15) is 6.33 Å². The number of carbonyl (C=O) groups excluding carboxylic acids is 1. The average molecular weight is 326 g/mol. The summed E-state index contributed by atoms with van der Waals surface area (Å²) in [5.74, 6) is -0.351. The van der Waals surface area contributed by atoms with Gasteiger partial charge in [-0.15, -0.1) is 0 Å². The number of rotatable bonds is 5.